The molecule has 1 aromatic carbocycles. The van der Waals surface area contributed by atoms with Crippen LogP contribution in [0.1, 0.15) is 25.5 Å². The number of halogens is 1. The van der Waals surface area contributed by atoms with Gasteiger partial charge in [0.1, 0.15) is 5.82 Å². The van der Waals surface area contributed by atoms with E-state index in [1.54, 1.807) is 6.07 Å². The number of rotatable bonds is 3. The van der Waals surface area contributed by atoms with Crippen LogP contribution in [0, 0.1) is 5.82 Å². The Morgan fingerprint density at radius 1 is 1.33 bits per heavy atom. The van der Waals surface area contributed by atoms with Crippen LogP contribution in [0.3, 0.4) is 0 Å². The Labute approximate surface area is 108 Å². The maximum Gasteiger partial charge on any atom is 0.128 e. The Bertz CT molecular complexity index is 389. The first-order valence-corrected chi connectivity index (χ1v) is 6.45. The van der Waals surface area contributed by atoms with Gasteiger partial charge in [0.25, 0.3) is 0 Å². The van der Waals surface area contributed by atoms with Gasteiger partial charge >= 0.3 is 0 Å². The fourth-order valence-corrected chi connectivity index (χ4v) is 2.69. The van der Waals surface area contributed by atoms with Crippen molar-refractivity contribution in [1.29, 1.82) is 0 Å². The Kier molecular flexibility index (Phi) is 4.32. The molecule has 4 heteroatoms. The average Bonchev–Trinajstić information content (AvgIpc) is 2.31. The van der Waals surface area contributed by atoms with E-state index in [9.17, 15) is 4.39 Å². The Balaban J connectivity index is 2.20. The highest BCUT2D eigenvalue weighted by Gasteiger charge is 2.29. The summed E-state index contributed by atoms with van der Waals surface area (Å²) in [6.07, 6.45) is 0.323. The number of hydrogen-bond donors (Lipinski definition) is 1. The molecule has 0 saturated carbocycles. The van der Waals surface area contributed by atoms with Gasteiger partial charge in [0.2, 0.25) is 0 Å². The molecule has 1 aromatic rings. The number of morpholine rings is 1. The first kappa shape index (κ1) is 13.5. The van der Waals surface area contributed by atoms with Crippen molar-refractivity contribution in [3.8, 4) is 0 Å². The summed E-state index contributed by atoms with van der Waals surface area (Å²) in [6, 6.07) is 6.80. The predicted octanol–water partition coefficient (Wildman–Crippen LogP) is 1.93. The number of hydrogen-bond acceptors (Lipinski definition) is 3. The molecule has 2 rings (SSSR count). The second-order valence-electron chi connectivity index (χ2n) is 4.98. The molecule has 3 nitrogen and oxygen atoms in total. The molecule has 0 aliphatic carbocycles. The van der Waals surface area contributed by atoms with Gasteiger partial charge in [0.15, 0.2) is 0 Å². The molecule has 2 N–H and O–H groups in total. The van der Waals surface area contributed by atoms with Crippen LogP contribution in [-0.4, -0.2) is 36.7 Å². The number of ether oxygens (including phenoxy) is 1. The SMILES string of the molecule is CC1CN(C(CN)c2ccccc2F)CC(C)O1. The van der Waals surface area contributed by atoms with Crippen LogP contribution < -0.4 is 5.73 Å². The molecule has 100 valence electrons. The number of nitrogens with zero attached hydrogens (tertiary/aromatic N) is 1. The molecule has 3 atom stereocenters. The van der Waals surface area contributed by atoms with E-state index in [1.165, 1.54) is 6.07 Å². The van der Waals surface area contributed by atoms with Crippen molar-refractivity contribution in [2.24, 2.45) is 5.73 Å². The number of nitrogens with two attached hydrogens (primary N) is 1. The molecule has 18 heavy (non-hydrogen) atoms. The maximum atomic E-state index is 13.9. The molecule has 1 fully saturated rings. The first-order valence-electron chi connectivity index (χ1n) is 6.45. The quantitative estimate of drug-likeness (QED) is 0.893. The van der Waals surface area contributed by atoms with Crippen LogP contribution in [0.5, 0.6) is 0 Å². The number of benzene rings is 1. The van der Waals surface area contributed by atoms with Gasteiger partial charge < -0.3 is 10.5 Å². The molecule has 1 aliphatic heterocycles. The topological polar surface area (TPSA) is 38.5 Å². The molecular weight excluding hydrogens is 231 g/mol. The summed E-state index contributed by atoms with van der Waals surface area (Å²) in [5.41, 5.74) is 6.53. The summed E-state index contributed by atoms with van der Waals surface area (Å²) >= 11 is 0. The van der Waals surface area contributed by atoms with Gasteiger partial charge in [-0.15, -0.1) is 0 Å². The fraction of sp³-hybridized carbons (Fsp3) is 0.571. The highest BCUT2D eigenvalue weighted by Crippen LogP contribution is 2.25. The summed E-state index contributed by atoms with van der Waals surface area (Å²) in [7, 11) is 0. The van der Waals surface area contributed by atoms with E-state index in [1.807, 2.05) is 26.0 Å². The molecule has 3 unspecified atom stereocenters. The van der Waals surface area contributed by atoms with E-state index in [0.717, 1.165) is 13.1 Å². The fourth-order valence-electron chi connectivity index (χ4n) is 2.69. The van der Waals surface area contributed by atoms with Crippen LogP contribution >= 0.6 is 0 Å². The normalized spacial score (nSPS) is 27.1. The highest BCUT2D eigenvalue weighted by atomic mass is 19.1. The summed E-state index contributed by atoms with van der Waals surface area (Å²) in [6.45, 7) is 6.08. The van der Waals surface area contributed by atoms with Gasteiger partial charge in [0, 0.05) is 25.2 Å². The van der Waals surface area contributed by atoms with Crippen molar-refractivity contribution in [3.63, 3.8) is 0 Å². The van der Waals surface area contributed by atoms with Crippen molar-refractivity contribution in [1.82, 2.24) is 4.90 Å². The first-order chi connectivity index (χ1) is 8.61. The molecular formula is C14H21FN2O. The minimum atomic E-state index is -0.181. The minimum Gasteiger partial charge on any atom is -0.373 e. The van der Waals surface area contributed by atoms with Crippen LogP contribution in [0.25, 0.3) is 0 Å². The molecule has 1 saturated heterocycles. The second kappa shape index (κ2) is 5.78. The molecule has 1 heterocycles. The highest BCUT2D eigenvalue weighted by molar-refractivity contribution is 5.22. The van der Waals surface area contributed by atoms with E-state index < -0.39 is 0 Å². The predicted molar refractivity (Wildman–Crippen MR) is 69.8 cm³/mol. The van der Waals surface area contributed by atoms with E-state index in [-0.39, 0.29) is 24.1 Å². The van der Waals surface area contributed by atoms with E-state index in [2.05, 4.69) is 4.90 Å². The Hall–Kier alpha value is -0.970. The van der Waals surface area contributed by atoms with Crippen molar-refractivity contribution in [2.45, 2.75) is 32.1 Å². The zero-order valence-electron chi connectivity index (χ0n) is 11.0. The van der Waals surface area contributed by atoms with Gasteiger partial charge in [-0.2, -0.15) is 0 Å². The van der Waals surface area contributed by atoms with Crippen LogP contribution in [0.15, 0.2) is 24.3 Å². The lowest BCUT2D eigenvalue weighted by atomic mass is 10.0. The third-order valence-electron chi connectivity index (χ3n) is 3.38. The van der Waals surface area contributed by atoms with Gasteiger partial charge in [-0.25, -0.2) is 4.39 Å². The van der Waals surface area contributed by atoms with Gasteiger partial charge in [-0.3, -0.25) is 4.90 Å². The van der Waals surface area contributed by atoms with E-state index >= 15 is 0 Å². The van der Waals surface area contributed by atoms with Crippen LogP contribution in [-0.2, 0) is 4.74 Å². The Morgan fingerprint density at radius 2 is 1.94 bits per heavy atom. The van der Waals surface area contributed by atoms with Gasteiger partial charge in [0.05, 0.1) is 18.2 Å². The summed E-state index contributed by atoms with van der Waals surface area (Å²) in [5.74, 6) is -0.181. The van der Waals surface area contributed by atoms with E-state index in [0.29, 0.717) is 12.1 Å². The maximum absolute atomic E-state index is 13.9. The summed E-state index contributed by atoms with van der Waals surface area (Å²) in [4.78, 5) is 2.22. The molecule has 0 bridgehead atoms. The van der Waals surface area contributed by atoms with Gasteiger partial charge in [-0.05, 0) is 19.9 Å². The summed E-state index contributed by atoms with van der Waals surface area (Å²) in [5, 5.41) is 0. The van der Waals surface area contributed by atoms with Crippen molar-refractivity contribution in [3.05, 3.63) is 35.6 Å². The second-order valence-corrected chi connectivity index (χ2v) is 4.98. The third kappa shape index (κ3) is 2.88. The molecule has 0 amide bonds. The lowest BCUT2D eigenvalue weighted by Crippen LogP contribution is -2.48. The van der Waals surface area contributed by atoms with E-state index in [4.69, 9.17) is 10.5 Å². The molecule has 0 spiro atoms. The lowest BCUT2D eigenvalue weighted by Gasteiger charge is -2.40. The monoisotopic (exact) mass is 252 g/mol. The minimum absolute atomic E-state index is 0.0694. The molecule has 1 aliphatic rings. The largest absolute Gasteiger partial charge is 0.373 e. The molecule has 0 aromatic heterocycles. The zero-order valence-corrected chi connectivity index (χ0v) is 11.0. The standard InChI is InChI=1S/C14H21FN2O/c1-10-8-17(9-11(2)18-10)14(7-16)12-5-3-4-6-13(12)15/h3-6,10-11,14H,7-9,16H2,1-2H3. The van der Waals surface area contributed by atoms with Crippen LogP contribution in [0.2, 0.25) is 0 Å². The van der Waals surface area contributed by atoms with Crippen molar-refractivity contribution in [2.75, 3.05) is 19.6 Å². The Morgan fingerprint density at radius 3 is 2.50 bits per heavy atom. The third-order valence-corrected chi connectivity index (χ3v) is 3.38. The van der Waals surface area contributed by atoms with Crippen LogP contribution in [0.4, 0.5) is 4.39 Å². The average molecular weight is 252 g/mol. The van der Waals surface area contributed by atoms with Crippen molar-refractivity contribution < 1.29 is 9.13 Å². The smallest absolute Gasteiger partial charge is 0.128 e. The van der Waals surface area contributed by atoms with Crippen molar-refractivity contribution >= 4 is 0 Å². The lowest BCUT2D eigenvalue weighted by molar-refractivity contribution is -0.0802. The van der Waals surface area contributed by atoms with Gasteiger partial charge in [-0.1, -0.05) is 18.2 Å². The molecule has 0 radical (unpaired) electrons. The zero-order chi connectivity index (χ0) is 13.1. The summed E-state index contributed by atoms with van der Waals surface area (Å²) < 4.78 is 19.6.